The first-order valence-corrected chi connectivity index (χ1v) is 6.88. The minimum Gasteiger partial charge on any atom is -0.324 e. The summed E-state index contributed by atoms with van der Waals surface area (Å²) in [6.07, 6.45) is 0.874. The number of rotatable bonds is 3. The Labute approximate surface area is 108 Å². The van der Waals surface area contributed by atoms with Crippen LogP contribution in [-0.4, -0.2) is 0 Å². The molecule has 0 fully saturated rings. The molecule has 0 spiro atoms. The van der Waals surface area contributed by atoms with Crippen LogP contribution in [0.5, 0.6) is 0 Å². The van der Waals surface area contributed by atoms with Crippen LogP contribution in [-0.2, 0) is 6.42 Å². The molecular formula is C13H14BrNS. The van der Waals surface area contributed by atoms with E-state index in [1.165, 1.54) is 16.0 Å². The molecular weight excluding hydrogens is 282 g/mol. The van der Waals surface area contributed by atoms with Gasteiger partial charge in [-0.1, -0.05) is 34.1 Å². The number of thiophene rings is 1. The Morgan fingerprint density at radius 1 is 1.31 bits per heavy atom. The largest absolute Gasteiger partial charge is 0.324 e. The monoisotopic (exact) mass is 295 g/mol. The highest BCUT2D eigenvalue weighted by Gasteiger charge is 2.11. The summed E-state index contributed by atoms with van der Waals surface area (Å²) in [6, 6.07) is 10.5. The minimum atomic E-state index is 0.0879. The van der Waals surface area contributed by atoms with E-state index in [-0.39, 0.29) is 6.04 Å². The molecule has 0 saturated heterocycles. The zero-order valence-electron chi connectivity index (χ0n) is 9.11. The van der Waals surface area contributed by atoms with Crippen molar-refractivity contribution in [1.29, 1.82) is 0 Å². The van der Waals surface area contributed by atoms with Gasteiger partial charge >= 0.3 is 0 Å². The summed E-state index contributed by atoms with van der Waals surface area (Å²) < 4.78 is 1.14. The van der Waals surface area contributed by atoms with Gasteiger partial charge in [0.15, 0.2) is 0 Å². The van der Waals surface area contributed by atoms with Gasteiger partial charge in [-0.2, -0.15) is 0 Å². The van der Waals surface area contributed by atoms with Gasteiger partial charge in [-0.05, 0) is 42.0 Å². The first-order chi connectivity index (χ1) is 7.68. The normalized spacial score (nSPS) is 12.7. The molecule has 2 rings (SSSR count). The molecule has 1 atom stereocenters. The Kier molecular flexibility index (Phi) is 3.79. The Bertz CT molecular complexity index is 478. The van der Waals surface area contributed by atoms with E-state index in [1.807, 2.05) is 12.1 Å². The van der Waals surface area contributed by atoms with E-state index in [1.54, 1.807) is 11.3 Å². The molecule has 0 aliphatic heterocycles. The van der Waals surface area contributed by atoms with Crippen LogP contribution in [0.15, 0.2) is 40.2 Å². The lowest BCUT2D eigenvalue weighted by molar-refractivity contribution is 0.719. The van der Waals surface area contributed by atoms with Gasteiger partial charge in [0.05, 0.1) is 0 Å². The van der Waals surface area contributed by atoms with E-state index in [4.69, 9.17) is 5.73 Å². The molecule has 1 heterocycles. The molecule has 1 nitrogen and oxygen atoms in total. The summed E-state index contributed by atoms with van der Waals surface area (Å²) >= 11 is 5.31. The average molecular weight is 296 g/mol. The molecule has 84 valence electrons. The Morgan fingerprint density at radius 2 is 2.06 bits per heavy atom. The third kappa shape index (κ3) is 2.54. The fraction of sp³-hybridized carbons (Fsp3) is 0.231. The second-order valence-corrected chi connectivity index (χ2v) is 5.81. The predicted octanol–water partition coefficient (Wildman–Crippen LogP) is 4.06. The van der Waals surface area contributed by atoms with Gasteiger partial charge in [0.1, 0.15) is 0 Å². The highest BCUT2D eigenvalue weighted by atomic mass is 79.9. The van der Waals surface area contributed by atoms with E-state index in [2.05, 4.69) is 46.4 Å². The Hall–Kier alpha value is -0.640. The summed E-state index contributed by atoms with van der Waals surface area (Å²) in [7, 11) is 0. The van der Waals surface area contributed by atoms with Crippen molar-refractivity contribution in [3.8, 4) is 0 Å². The molecule has 0 amide bonds. The lowest BCUT2D eigenvalue weighted by Crippen LogP contribution is -2.13. The number of nitrogens with two attached hydrogens (primary N) is 1. The summed E-state index contributed by atoms with van der Waals surface area (Å²) in [5.41, 5.74) is 8.76. The van der Waals surface area contributed by atoms with Gasteiger partial charge in [0.2, 0.25) is 0 Å². The Balaban J connectivity index is 2.17. The summed E-state index contributed by atoms with van der Waals surface area (Å²) in [5.74, 6) is 0. The molecule has 0 radical (unpaired) electrons. The van der Waals surface area contributed by atoms with Gasteiger partial charge in [0.25, 0.3) is 0 Å². The van der Waals surface area contributed by atoms with Crippen LogP contribution in [0.3, 0.4) is 0 Å². The smallest absolute Gasteiger partial charge is 0.0347 e. The standard InChI is InChI=1S/C13H14BrNS/c1-9-11(6-7-16-9)13(15)8-10-4-2-3-5-12(10)14/h2-7,13H,8,15H2,1H3. The van der Waals surface area contributed by atoms with Crippen LogP contribution in [0.1, 0.15) is 22.0 Å². The maximum absolute atomic E-state index is 6.23. The molecule has 0 aliphatic carbocycles. The minimum absolute atomic E-state index is 0.0879. The van der Waals surface area contributed by atoms with E-state index in [0.29, 0.717) is 0 Å². The van der Waals surface area contributed by atoms with Gasteiger partial charge in [-0.15, -0.1) is 11.3 Å². The number of aryl methyl sites for hydroxylation is 1. The van der Waals surface area contributed by atoms with Gasteiger partial charge < -0.3 is 5.73 Å². The van der Waals surface area contributed by atoms with Crippen LogP contribution in [0.25, 0.3) is 0 Å². The molecule has 0 saturated carbocycles. The average Bonchev–Trinajstić information content (AvgIpc) is 2.68. The molecule has 1 aromatic carbocycles. The van der Waals surface area contributed by atoms with Gasteiger partial charge in [-0.3, -0.25) is 0 Å². The number of benzene rings is 1. The van der Waals surface area contributed by atoms with Crippen LogP contribution < -0.4 is 5.73 Å². The zero-order valence-corrected chi connectivity index (χ0v) is 11.5. The first-order valence-electron chi connectivity index (χ1n) is 5.21. The van der Waals surface area contributed by atoms with Crippen LogP contribution in [0, 0.1) is 6.92 Å². The number of hydrogen-bond donors (Lipinski definition) is 1. The van der Waals surface area contributed by atoms with Crippen LogP contribution >= 0.6 is 27.3 Å². The maximum atomic E-state index is 6.23. The number of halogens is 1. The summed E-state index contributed by atoms with van der Waals surface area (Å²) in [6.45, 7) is 2.12. The lowest BCUT2D eigenvalue weighted by atomic mass is 10.0. The van der Waals surface area contributed by atoms with Crippen molar-refractivity contribution < 1.29 is 0 Å². The zero-order chi connectivity index (χ0) is 11.5. The van der Waals surface area contributed by atoms with Crippen LogP contribution in [0.2, 0.25) is 0 Å². The van der Waals surface area contributed by atoms with Crippen molar-refractivity contribution in [1.82, 2.24) is 0 Å². The maximum Gasteiger partial charge on any atom is 0.0347 e. The fourth-order valence-corrected chi connectivity index (χ4v) is 3.01. The molecule has 1 aromatic heterocycles. The van der Waals surface area contributed by atoms with Crippen molar-refractivity contribution in [3.05, 3.63) is 56.2 Å². The van der Waals surface area contributed by atoms with Crippen molar-refractivity contribution in [2.24, 2.45) is 5.73 Å². The second-order valence-electron chi connectivity index (χ2n) is 3.83. The van der Waals surface area contributed by atoms with E-state index in [9.17, 15) is 0 Å². The van der Waals surface area contributed by atoms with Crippen molar-refractivity contribution >= 4 is 27.3 Å². The summed E-state index contributed by atoms with van der Waals surface area (Å²) in [4.78, 5) is 1.32. The lowest BCUT2D eigenvalue weighted by Gasteiger charge is -2.12. The van der Waals surface area contributed by atoms with E-state index in [0.717, 1.165) is 10.9 Å². The highest BCUT2D eigenvalue weighted by Crippen LogP contribution is 2.26. The molecule has 0 aliphatic rings. The second kappa shape index (κ2) is 5.13. The molecule has 3 heteroatoms. The molecule has 1 unspecified atom stereocenters. The van der Waals surface area contributed by atoms with Gasteiger partial charge in [-0.25, -0.2) is 0 Å². The van der Waals surface area contributed by atoms with Gasteiger partial charge in [0, 0.05) is 15.4 Å². The predicted molar refractivity (Wildman–Crippen MR) is 73.8 cm³/mol. The van der Waals surface area contributed by atoms with Crippen molar-refractivity contribution in [2.45, 2.75) is 19.4 Å². The van der Waals surface area contributed by atoms with E-state index < -0.39 is 0 Å². The third-order valence-electron chi connectivity index (χ3n) is 2.70. The highest BCUT2D eigenvalue weighted by molar-refractivity contribution is 9.10. The first kappa shape index (κ1) is 11.8. The molecule has 16 heavy (non-hydrogen) atoms. The van der Waals surface area contributed by atoms with Crippen molar-refractivity contribution in [3.63, 3.8) is 0 Å². The Morgan fingerprint density at radius 3 is 2.69 bits per heavy atom. The quantitative estimate of drug-likeness (QED) is 0.908. The summed E-state index contributed by atoms with van der Waals surface area (Å²) in [5, 5.41) is 2.10. The van der Waals surface area contributed by atoms with E-state index >= 15 is 0 Å². The molecule has 0 bridgehead atoms. The van der Waals surface area contributed by atoms with Crippen LogP contribution in [0.4, 0.5) is 0 Å². The topological polar surface area (TPSA) is 26.0 Å². The molecule has 2 N–H and O–H groups in total. The SMILES string of the molecule is Cc1sccc1C(N)Cc1ccccc1Br. The third-order valence-corrected chi connectivity index (χ3v) is 4.33. The van der Waals surface area contributed by atoms with Crippen molar-refractivity contribution in [2.75, 3.05) is 0 Å². The number of hydrogen-bond acceptors (Lipinski definition) is 2. The fourth-order valence-electron chi connectivity index (χ4n) is 1.79. The molecule has 2 aromatic rings.